The van der Waals surface area contributed by atoms with Gasteiger partial charge < -0.3 is 20.1 Å². The Bertz CT molecular complexity index is 997. The number of aliphatic hydroxyl groups excluding tert-OH is 1. The molecule has 1 aliphatic heterocycles. The Balaban J connectivity index is 2.53. The lowest BCUT2D eigenvalue weighted by molar-refractivity contribution is 0.0809. The van der Waals surface area contributed by atoms with E-state index in [9.17, 15) is 18.3 Å². The van der Waals surface area contributed by atoms with Crippen LogP contribution in [0.25, 0.3) is 0 Å². The maximum atomic E-state index is 13.5. The number of benzene rings is 1. The Morgan fingerprint density at radius 1 is 1.30 bits per heavy atom. The molecular formula is C24H37N3O5S. The number of ether oxygens (including phenoxy) is 1. The van der Waals surface area contributed by atoms with Crippen LogP contribution in [-0.2, 0) is 10.0 Å². The summed E-state index contributed by atoms with van der Waals surface area (Å²) in [5.74, 6) is 6.26. The molecule has 2 N–H and O–H groups in total. The van der Waals surface area contributed by atoms with Gasteiger partial charge in [0.15, 0.2) is 0 Å². The van der Waals surface area contributed by atoms with E-state index in [-0.39, 0.29) is 54.3 Å². The summed E-state index contributed by atoms with van der Waals surface area (Å²) in [7, 11) is -2.23. The lowest BCUT2D eigenvalue weighted by Gasteiger charge is -2.37. The number of nitrogens with zero attached hydrogens (tertiary/aromatic N) is 2. The van der Waals surface area contributed by atoms with Gasteiger partial charge in [-0.2, -0.15) is 4.31 Å². The lowest BCUT2D eigenvalue weighted by atomic mass is 10.0. The van der Waals surface area contributed by atoms with E-state index in [0.29, 0.717) is 5.56 Å². The van der Waals surface area contributed by atoms with Gasteiger partial charge in [-0.1, -0.05) is 32.6 Å². The molecule has 1 aromatic carbocycles. The number of rotatable bonds is 5. The lowest BCUT2D eigenvalue weighted by Crippen LogP contribution is -2.51. The highest BCUT2D eigenvalue weighted by atomic mass is 32.2. The van der Waals surface area contributed by atoms with Crippen LogP contribution in [0.5, 0.6) is 5.75 Å². The summed E-state index contributed by atoms with van der Waals surface area (Å²) < 4.78 is 34.5. The number of hydrogen-bond acceptors (Lipinski definition) is 5. The van der Waals surface area contributed by atoms with Crippen molar-refractivity contribution < 1.29 is 23.1 Å². The van der Waals surface area contributed by atoms with E-state index < -0.39 is 22.2 Å². The summed E-state index contributed by atoms with van der Waals surface area (Å²) in [5, 5.41) is 12.6. The molecule has 1 aromatic rings. The first-order valence-corrected chi connectivity index (χ1v) is 12.8. The quantitative estimate of drug-likeness (QED) is 0.633. The molecule has 9 heteroatoms. The van der Waals surface area contributed by atoms with Gasteiger partial charge in [0.25, 0.3) is 0 Å². The molecule has 1 heterocycles. The molecule has 184 valence electrons. The van der Waals surface area contributed by atoms with Crippen LogP contribution in [0, 0.1) is 23.7 Å². The average Bonchev–Trinajstić information content (AvgIpc) is 2.73. The first-order valence-electron chi connectivity index (χ1n) is 11.3. The van der Waals surface area contributed by atoms with Crippen molar-refractivity contribution in [2.24, 2.45) is 11.8 Å². The van der Waals surface area contributed by atoms with Crippen LogP contribution in [0.2, 0.25) is 0 Å². The Morgan fingerprint density at radius 2 is 1.97 bits per heavy atom. The van der Waals surface area contributed by atoms with Crippen molar-refractivity contribution in [3.63, 3.8) is 0 Å². The van der Waals surface area contributed by atoms with E-state index in [1.165, 1.54) is 10.4 Å². The Morgan fingerprint density at radius 3 is 2.55 bits per heavy atom. The zero-order valence-electron chi connectivity index (χ0n) is 20.6. The number of carbonyl (C=O) groups excluding carboxylic acids is 1. The molecule has 0 radical (unpaired) electrons. The van der Waals surface area contributed by atoms with Gasteiger partial charge in [-0.3, -0.25) is 0 Å². The third-order valence-electron chi connectivity index (χ3n) is 5.38. The number of fused-ring (bicyclic) bond motifs is 1. The molecule has 0 unspecified atom stereocenters. The van der Waals surface area contributed by atoms with Crippen molar-refractivity contribution in [3.8, 4) is 17.6 Å². The summed E-state index contributed by atoms with van der Waals surface area (Å²) in [5.41, 5.74) is 0.650. The normalized spacial score (nSPS) is 21.2. The van der Waals surface area contributed by atoms with Gasteiger partial charge in [-0.25, -0.2) is 13.2 Å². The number of likely N-dealkylation sites (N-methyl/N-ethyl adjacent to an activating group) is 1. The van der Waals surface area contributed by atoms with Crippen LogP contribution in [-0.4, -0.2) is 73.7 Å². The summed E-state index contributed by atoms with van der Waals surface area (Å²) in [6.07, 6.45) is -0.469. The number of carbonyl (C=O) groups is 1. The van der Waals surface area contributed by atoms with E-state index in [0.717, 1.165) is 0 Å². The largest absolute Gasteiger partial charge is 0.487 e. The molecule has 2 rings (SSSR count). The molecule has 8 nitrogen and oxygen atoms in total. The van der Waals surface area contributed by atoms with Crippen molar-refractivity contribution in [2.45, 2.75) is 64.6 Å². The SMILES string of the molecule is CC(C)C#Cc1ccc2c(c1)O[C@H](CN(C)C(=O)NC(C)C)[C@H](C)CN([C@H](C)CO)S2(=O)=O. The van der Waals surface area contributed by atoms with E-state index >= 15 is 0 Å². The van der Waals surface area contributed by atoms with Crippen molar-refractivity contribution in [3.05, 3.63) is 23.8 Å². The van der Waals surface area contributed by atoms with Gasteiger partial charge in [0.1, 0.15) is 16.7 Å². The second-order valence-electron chi connectivity index (χ2n) is 9.31. The van der Waals surface area contributed by atoms with Gasteiger partial charge in [-0.15, -0.1) is 0 Å². The fourth-order valence-corrected chi connectivity index (χ4v) is 5.28. The minimum absolute atomic E-state index is 0.00974. The van der Waals surface area contributed by atoms with Crippen LogP contribution < -0.4 is 10.1 Å². The van der Waals surface area contributed by atoms with Gasteiger partial charge >= 0.3 is 6.03 Å². The molecule has 0 aliphatic carbocycles. The number of amides is 2. The molecule has 0 fully saturated rings. The standard InChI is InChI=1S/C24H37N3O5S/c1-16(2)8-9-20-10-11-23-21(12-20)32-22(14-26(7)24(29)25-17(3)4)18(5)13-27(19(6)15-28)33(23,30)31/h10-12,16-19,22,28H,13-15H2,1-7H3,(H,25,29)/t18-,19-,22-/m1/s1. The topological polar surface area (TPSA) is 99.2 Å². The van der Waals surface area contributed by atoms with Gasteiger partial charge in [0.05, 0.1) is 13.2 Å². The molecule has 33 heavy (non-hydrogen) atoms. The zero-order valence-corrected chi connectivity index (χ0v) is 21.4. The molecule has 0 spiro atoms. The number of aliphatic hydroxyl groups is 1. The predicted octanol–water partition coefficient (Wildman–Crippen LogP) is 2.51. The summed E-state index contributed by atoms with van der Waals surface area (Å²) in [6, 6.07) is 3.97. The molecule has 2 amide bonds. The summed E-state index contributed by atoms with van der Waals surface area (Å²) in [4.78, 5) is 14.0. The average molecular weight is 480 g/mol. The molecule has 3 atom stereocenters. The van der Waals surface area contributed by atoms with Gasteiger partial charge in [0.2, 0.25) is 10.0 Å². The van der Waals surface area contributed by atoms with Crippen molar-refractivity contribution in [1.82, 2.24) is 14.5 Å². The maximum absolute atomic E-state index is 13.5. The Kier molecular flexibility index (Phi) is 9.18. The highest BCUT2D eigenvalue weighted by Crippen LogP contribution is 2.34. The molecule has 1 aliphatic rings. The fourth-order valence-electron chi connectivity index (χ4n) is 3.46. The summed E-state index contributed by atoms with van der Waals surface area (Å²) >= 11 is 0. The van der Waals surface area contributed by atoms with Crippen LogP contribution in [0.15, 0.2) is 23.1 Å². The number of urea groups is 1. The number of sulfonamides is 1. The monoisotopic (exact) mass is 479 g/mol. The van der Waals surface area contributed by atoms with E-state index in [2.05, 4.69) is 17.2 Å². The molecule has 0 aromatic heterocycles. The zero-order chi connectivity index (χ0) is 24.9. The van der Waals surface area contributed by atoms with Crippen LogP contribution >= 0.6 is 0 Å². The second kappa shape index (κ2) is 11.2. The fraction of sp³-hybridized carbons (Fsp3) is 0.625. The highest BCUT2D eigenvalue weighted by Gasteiger charge is 2.38. The van der Waals surface area contributed by atoms with Crippen LogP contribution in [0.1, 0.15) is 47.1 Å². The first kappa shape index (κ1) is 27.0. The van der Waals surface area contributed by atoms with Crippen molar-refractivity contribution in [1.29, 1.82) is 0 Å². The van der Waals surface area contributed by atoms with Crippen molar-refractivity contribution >= 4 is 16.1 Å². The molecule has 0 saturated heterocycles. The van der Waals surface area contributed by atoms with Crippen LogP contribution in [0.4, 0.5) is 4.79 Å². The van der Waals surface area contributed by atoms with Crippen molar-refractivity contribution in [2.75, 3.05) is 26.7 Å². The third-order valence-corrected chi connectivity index (χ3v) is 7.40. The number of nitrogens with one attached hydrogen (secondary N) is 1. The Hall–Kier alpha value is -2.28. The van der Waals surface area contributed by atoms with Gasteiger partial charge in [-0.05, 0) is 39.0 Å². The van der Waals surface area contributed by atoms with E-state index in [1.54, 1.807) is 31.0 Å². The Labute approximate surface area is 198 Å². The minimum atomic E-state index is -3.91. The molecule has 0 saturated carbocycles. The second-order valence-corrected chi connectivity index (χ2v) is 11.2. The molecule has 0 bridgehead atoms. The van der Waals surface area contributed by atoms with Crippen LogP contribution in [0.3, 0.4) is 0 Å². The van der Waals surface area contributed by atoms with E-state index in [1.807, 2.05) is 34.6 Å². The number of hydrogen-bond donors (Lipinski definition) is 2. The van der Waals surface area contributed by atoms with Gasteiger partial charge in [0, 0.05) is 43.1 Å². The predicted molar refractivity (Wildman–Crippen MR) is 128 cm³/mol. The minimum Gasteiger partial charge on any atom is -0.487 e. The third kappa shape index (κ3) is 6.85. The summed E-state index contributed by atoms with van der Waals surface area (Å²) in [6.45, 7) is 11.4. The first-order chi connectivity index (χ1) is 15.4. The highest BCUT2D eigenvalue weighted by molar-refractivity contribution is 7.89. The van der Waals surface area contributed by atoms with E-state index in [4.69, 9.17) is 4.74 Å². The smallest absolute Gasteiger partial charge is 0.317 e. The molecular weight excluding hydrogens is 442 g/mol. The maximum Gasteiger partial charge on any atom is 0.317 e.